The van der Waals surface area contributed by atoms with Crippen molar-refractivity contribution in [2.75, 3.05) is 40.1 Å². The smallest absolute Gasteiger partial charge is 0.350 e. The maximum atomic E-state index is 13.6. The number of hydrogen-bond donors (Lipinski definition) is 5. The van der Waals surface area contributed by atoms with Gasteiger partial charge in [0, 0.05) is 24.1 Å². The molecule has 0 radical (unpaired) electrons. The van der Waals surface area contributed by atoms with Crippen LogP contribution in [0.25, 0.3) is 0 Å². The van der Waals surface area contributed by atoms with E-state index in [-0.39, 0.29) is 30.8 Å². The summed E-state index contributed by atoms with van der Waals surface area (Å²) < 4.78 is 10.9. The van der Waals surface area contributed by atoms with Gasteiger partial charge in [-0.3, -0.25) is 9.59 Å². The van der Waals surface area contributed by atoms with Gasteiger partial charge in [-0.25, -0.2) is 4.79 Å². The van der Waals surface area contributed by atoms with Crippen LogP contribution < -0.4 is 16.0 Å². The van der Waals surface area contributed by atoms with Crippen molar-refractivity contribution in [1.82, 2.24) is 16.0 Å². The van der Waals surface area contributed by atoms with E-state index in [0.717, 1.165) is 17.0 Å². The van der Waals surface area contributed by atoms with Crippen LogP contribution in [0.15, 0.2) is 59.0 Å². The predicted molar refractivity (Wildman–Crippen MR) is 135 cm³/mol. The lowest BCUT2D eigenvalue weighted by molar-refractivity contribution is -0.149. The molecule has 5 N–H and O–H groups in total. The normalized spacial score (nSPS) is 24.6. The third-order valence-corrected chi connectivity index (χ3v) is 7.06. The number of fused-ring (bicyclic) bond motifs is 2. The van der Waals surface area contributed by atoms with Gasteiger partial charge in [-0.2, -0.15) is 0 Å². The van der Waals surface area contributed by atoms with Crippen LogP contribution in [0.3, 0.4) is 0 Å². The number of Topliss-reactive ketones (excluding diaryl/α,β-unsaturated/α-hetero) is 2. The van der Waals surface area contributed by atoms with E-state index in [4.69, 9.17) is 14.6 Å². The fourth-order valence-electron chi connectivity index (χ4n) is 4.95. The van der Waals surface area contributed by atoms with Crippen molar-refractivity contribution in [3.63, 3.8) is 0 Å². The Balaban J connectivity index is 1.59. The molecule has 0 aromatic heterocycles. The second-order valence-corrected chi connectivity index (χ2v) is 9.32. The lowest BCUT2D eigenvalue weighted by atomic mass is 9.71. The van der Waals surface area contributed by atoms with Crippen LogP contribution in [-0.2, 0) is 14.3 Å². The number of carbonyl (C=O) groups excluding carboxylic acids is 3. The third kappa shape index (κ3) is 4.73. The number of dihydropyridines is 1. The molecule has 1 saturated heterocycles. The molecule has 2 heterocycles. The summed E-state index contributed by atoms with van der Waals surface area (Å²) in [7, 11) is 1.85. The molecule has 0 unspecified atom stereocenters. The van der Waals surface area contributed by atoms with E-state index in [1.165, 1.54) is 12.1 Å². The molecule has 0 bridgehead atoms. The zero-order chi connectivity index (χ0) is 26.6. The minimum absolute atomic E-state index is 0.0974. The highest BCUT2D eigenvalue weighted by Gasteiger charge is 2.85. The standard InChI is InChI=1S/C27H33N3O7/c1-17(7-8-18-9-10-29-22(13-18)30-16-28-2)19(15-32)14-26-23(33)20-5-3-4-6-21(20)24(34)27(26,37-26)25(35)36-12-11-31/h3-6,9,13,28-32H,7-8,10-12,14-16H2,1-2H3/b19-17-/t26-,27-/m0/s1. The van der Waals surface area contributed by atoms with E-state index in [2.05, 4.69) is 22.0 Å². The Morgan fingerprint density at radius 1 is 1.19 bits per heavy atom. The Morgan fingerprint density at radius 3 is 2.59 bits per heavy atom. The monoisotopic (exact) mass is 511 g/mol. The Hall–Kier alpha value is -3.31. The Kier molecular flexibility index (Phi) is 7.93. The predicted octanol–water partition coefficient (Wildman–Crippen LogP) is 0.726. The molecule has 0 saturated carbocycles. The van der Waals surface area contributed by atoms with Crippen molar-refractivity contribution in [2.45, 2.75) is 37.4 Å². The summed E-state index contributed by atoms with van der Waals surface area (Å²) in [6.45, 7) is 2.07. The van der Waals surface area contributed by atoms with Crippen LogP contribution in [0.4, 0.5) is 0 Å². The van der Waals surface area contributed by atoms with Crippen molar-refractivity contribution in [3.8, 4) is 0 Å². The highest BCUT2D eigenvalue weighted by molar-refractivity contribution is 6.32. The van der Waals surface area contributed by atoms with Gasteiger partial charge < -0.3 is 35.6 Å². The maximum absolute atomic E-state index is 13.6. The SMILES string of the molecule is CNCNC1=CC(CC/C(C)=C(\CO)C[C@@]23O[C@]2(C(=O)OCCO)C(=O)c2ccccc2C3=O)=CCN1. The lowest BCUT2D eigenvalue weighted by Gasteiger charge is -2.25. The number of aliphatic hydroxyl groups is 2. The molecule has 2 atom stereocenters. The molecule has 0 amide bonds. The van der Waals surface area contributed by atoms with Crippen molar-refractivity contribution in [2.24, 2.45) is 0 Å². The molecule has 0 spiro atoms. The first-order valence-corrected chi connectivity index (χ1v) is 12.3. The van der Waals surface area contributed by atoms with Crippen LogP contribution >= 0.6 is 0 Å². The summed E-state index contributed by atoms with van der Waals surface area (Å²) in [5, 5.41) is 28.9. The molecule has 198 valence electrons. The number of allylic oxidation sites excluding steroid dienone is 3. The summed E-state index contributed by atoms with van der Waals surface area (Å²) in [6, 6.07) is 6.27. The fraction of sp³-hybridized carbons (Fsp3) is 0.444. The highest BCUT2D eigenvalue weighted by atomic mass is 16.7. The average Bonchev–Trinajstić information content (AvgIpc) is 3.62. The van der Waals surface area contributed by atoms with Gasteiger partial charge in [-0.15, -0.1) is 0 Å². The molecular formula is C27H33N3O7. The van der Waals surface area contributed by atoms with Crippen molar-refractivity contribution in [1.29, 1.82) is 0 Å². The first-order chi connectivity index (χ1) is 17.8. The molecule has 1 aromatic carbocycles. The molecule has 4 rings (SSSR count). The van der Waals surface area contributed by atoms with Gasteiger partial charge >= 0.3 is 5.97 Å². The first-order valence-electron chi connectivity index (χ1n) is 12.3. The maximum Gasteiger partial charge on any atom is 0.350 e. The minimum atomic E-state index is -2.12. The number of hydrogen-bond acceptors (Lipinski definition) is 10. The van der Waals surface area contributed by atoms with Crippen molar-refractivity contribution >= 4 is 17.5 Å². The number of esters is 1. The second kappa shape index (κ2) is 11.0. The quantitative estimate of drug-likeness (QED) is 0.0893. The molecule has 2 aliphatic heterocycles. The van der Waals surface area contributed by atoms with Crippen LogP contribution in [0.5, 0.6) is 0 Å². The summed E-state index contributed by atoms with van der Waals surface area (Å²) in [5.74, 6) is -1.23. The molecule has 10 heteroatoms. The van der Waals surface area contributed by atoms with Crippen LogP contribution in [0, 0.1) is 0 Å². The van der Waals surface area contributed by atoms with E-state index in [9.17, 15) is 19.5 Å². The number of rotatable bonds is 12. The topological polar surface area (TPSA) is 150 Å². The third-order valence-electron chi connectivity index (χ3n) is 7.06. The number of carbonyl (C=O) groups is 3. The summed E-state index contributed by atoms with van der Waals surface area (Å²) in [6.07, 6.45) is 5.30. The summed E-state index contributed by atoms with van der Waals surface area (Å²) in [4.78, 5) is 40.1. The number of epoxide rings is 1. The van der Waals surface area contributed by atoms with Crippen LogP contribution in [0.1, 0.15) is 46.9 Å². The lowest BCUT2D eigenvalue weighted by Crippen LogP contribution is -2.51. The van der Waals surface area contributed by atoms with Crippen LogP contribution in [0.2, 0.25) is 0 Å². The number of ketones is 2. The van der Waals surface area contributed by atoms with Gasteiger partial charge in [0.25, 0.3) is 5.60 Å². The molecule has 1 fully saturated rings. The number of ether oxygens (including phenoxy) is 2. The van der Waals surface area contributed by atoms with Gasteiger partial charge in [-0.05, 0) is 44.0 Å². The van der Waals surface area contributed by atoms with Crippen LogP contribution in [-0.4, -0.2) is 79.0 Å². The van der Waals surface area contributed by atoms with Gasteiger partial charge in [0.1, 0.15) is 12.4 Å². The van der Waals surface area contributed by atoms with Gasteiger partial charge in [0.05, 0.1) is 19.9 Å². The summed E-state index contributed by atoms with van der Waals surface area (Å²) >= 11 is 0. The van der Waals surface area contributed by atoms with E-state index < -0.39 is 35.3 Å². The number of nitrogens with one attached hydrogen (secondary N) is 3. The Labute approximate surface area is 215 Å². The fourth-order valence-corrected chi connectivity index (χ4v) is 4.95. The molecule has 10 nitrogen and oxygen atoms in total. The van der Waals surface area contributed by atoms with E-state index in [1.807, 2.05) is 20.0 Å². The molecule has 1 aliphatic carbocycles. The zero-order valence-electron chi connectivity index (χ0n) is 21.1. The molecule has 3 aliphatic rings. The van der Waals surface area contributed by atoms with E-state index >= 15 is 0 Å². The number of aliphatic hydroxyl groups excluding tert-OH is 2. The van der Waals surface area contributed by atoms with Gasteiger partial charge in [0.2, 0.25) is 5.78 Å². The Morgan fingerprint density at radius 2 is 1.92 bits per heavy atom. The van der Waals surface area contributed by atoms with Gasteiger partial charge in [-0.1, -0.05) is 35.9 Å². The highest BCUT2D eigenvalue weighted by Crippen LogP contribution is 2.59. The van der Waals surface area contributed by atoms with Crippen molar-refractivity contribution < 1.29 is 34.1 Å². The minimum Gasteiger partial charge on any atom is -0.461 e. The van der Waals surface area contributed by atoms with E-state index in [1.54, 1.807) is 12.1 Å². The van der Waals surface area contributed by atoms with Crippen molar-refractivity contribution in [3.05, 3.63) is 70.1 Å². The Bertz CT molecular complexity index is 1190. The van der Waals surface area contributed by atoms with E-state index in [0.29, 0.717) is 31.6 Å². The molecular weight excluding hydrogens is 478 g/mol. The number of benzene rings is 1. The largest absolute Gasteiger partial charge is 0.461 e. The summed E-state index contributed by atoms with van der Waals surface area (Å²) in [5.41, 5.74) is -1.14. The zero-order valence-corrected chi connectivity index (χ0v) is 21.1. The first kappa shape index (κ1) is 26.7. The average molecular weight is 512 g/mol. The molecule has 1 aromatic rings. The second-order valence-electron chi connectivity index (χ2n) is 9.32. The molecule has 37 heavy (non-hydrogen) atoms. The van der Waals surface area contributed by atoms with Gasteiger partial charge in [0.15, 0.2) is 11.4 Å².